The van der Waals surface area contributed by atoms with E-state index in [1.54, 1.807) is 6.07 Å². The van der Waals surface area contributed by atoms with Gasteiger partial charge in [0, 0.05) is 44.8 Å². The number of nitrogens with zero attached hydrogens (tertiary/aromatic N) is 3. The van der Waals surface area contributed by atoms with Crippen LogP contribution in [0.1, 0.15) is 30.9 Å². The number of carbonyl (C=O) groups excluding carboxylic acids is 1. The van der Waals surface area contributed by atoms with Crippen LogP contribution in [0.2, 0.25) is 0 Å². The second kappa shape index (κ2) is 14.1. The van der Waals surface area contributed by atoms with Crippen molar-refractivity contribution in [3.05, 3.63) is 89.7 Å². The number of hydrogen-bond donors (Lipinski definition) is 1. The first-order valence-electron chi connectivity index (χ1n) is 15.1. The first-order valence-corrected chi connectivity index (χ1v) is 15.1. The summed E-state index contributed by atoms with van der Waals surface area (Å²) in [6, 6.07) is 23.8. The van der Waals surface area contributed by atoms with Crippen LogP contribution in [0.15, 0.2) is 72.8 Å². The Morgan fingerprint density at radius 2 is 1.61 bits per heavy atom. The van der Waals surface area contributed by atoms with Gasteiger partial charge in [0.2, 0.25) is 5.91 Å². The van der Waals surface area contributed by atoms with Gasteiger partial charge in [-0.15, -0.1) is 0 Å². The van der Waals surface area contributed by atoms with E-state index in [0.717, 1.165) is 38.9 Å². The van der Waals surface area contributed by atoms with Crippen molar-refractivity contribution in [3.63, 3.8) is 0 Å². The Kier molecular flexibility index (Phi) is 10.0. The molecule has 0 radical (unpaired) electrons. The monoisotopic (exact) mass is 558 g/mol. The lowest BCUT2D eigenvalue weighted by Crippen LogP contribution is -2.55. The number of rotatable bonds is 10. The average molecular weight is 559 g/mol. The first-order chi connectivity index (χ1) is 20.0. The zero-order valence-electron chi connectivity index (χ0n) is 24.2. The van der Waals surface area contributed by atoms with Crippen LogP contribution in [0.5, 0.6) is 5.75 Å². The summed E-state index contributed by atoms with van der Waals surface area (Å²) in [6.07, 6.45) is 2.89. The van der Waals surface area contributed by atoms with Crippen LogP contribution < -0.4 is 10.5 Å². The smallest absolute Gasteiger partial charge is 0.239 e. The SMILES string of the molecule is CCOc1cccc(F)c1CN1CCN(C(=O)[C@H](N)C2CCN(CCc3ccccc3-c3ccccc3)CC2)CC1. The molecule has 0 bridgehead atoms. The second-order valence-corrected chi connectivity index (χ2v) is 11.2. The van der Waals surface area contributed by atoms with Gasteiger partial charge in [-0.3, -0.25) is 9.69 Å². The van der Waals surface area contributed by atoms with Gasteiger partial charge in [0.25, 0.3) is 0 Å². The number of ether oxygens (including phenoxy) is 1. The van der Waals surface area contributed by atoms with Gasteiger partial charge in [0.1, 0.15) is 11.6 Å². The number of nitrogens with two attached hydrogens (primary N) is 1. The molecule has 0 aromatic heterocycles. The number of benzene rings is 3. The zero-order valence-corrected chi connectivity index (χ0v) is 24.2. The molecule has 6 nitrogen and oxygen atoms in total. The van der Waals surface area contributed by atoms with Gasteiger partial charge in [-0.05, 0) is 74.0 Å². The van der Waals surface area contributed by atoms with Gasteiger partial charge in [-0.1, -0.05) is 60.7 Å². The fraction of sp³-hybridized carbons (Fsp3) is 0.441. The summed E-state index contributed by atoms with van der Waals surface area (Å²) < 4.78 is 20.1. The molecule has 2 fully saturated rings. The van der Waals surface area contributed by atoms with Crippen LogP contribution in [-0.4, -0.2) is 79.1 Å². The topological polar surface area (TPSA) is 62.0 Å². The molecule has 2 heterocycles. The molecule has 5 rings (SSSR count). The molecular weight excluding hydrogens is 515 g/mol. The highest BCUT2D eigenvalue weighted by molar-refractivity contribution is 5.82. The van der Waals surface area contributed by atoms with Crippen molar-refractivity contribution in [3.8, 4) is 16.9 Å². The fourth-order valence-electron chi connectivity index (χ4n) is 6.20. The Hall–Kier alpha value is -3.26. The summed E-state index contributed by atoms with van der Waals surface area (Å²) in [7, 11) is 0. The molecule has 3 aromatic carbocycles. The predicted molar refractivity (Wildman–Crippen MR) is 162 cm³/mol. The largest absolute Gasteiger partial charge is 0.493 e. The highest BCUT2D eigenvalue weighted by Gasteiger charge is 2.33. The lowest BCUT2D eigenvalue weighted by molar-refractivity contribution is -0.136. The van der Waals surface area contributed by atoms with E-state index in [4.69, 9.17) is 10.5 Å². The van der Waals surface area contributed by atoms with E-state index in [1.807, 2.05) is 17.9 Å². The minimum Gasteiger partial charge on any atom is -0.493 e. The lowest BCUT2D eigenvalue weighted by Gasteiger charge is -2.39. The molecule has 7 heteroatoms. The second-order valence-electron chi connectivity index (χ2n) is 11.2. The van der Waals surface area contributed by atoms with Crippen molar-refractivity contribution in [2.45, 2.75) is 38.8 Å². The van der Waals surface area contributed by atoms with E-state index >= 15 is 0 Å². The van der Waals surface area contributed by atoms with Gasteiger partial charge in [-0.2, -0.15) is 0 Å². The maximum Gasteiger partial charge on any atom is 0.239 e. The Bertz CT molecular complexity index is 1270. The van der Waals surface area contributed by atoms with Crippen molar-refractivity contribution in [2.24, 2.45) is 11.7 Å². The number of piperazine rings is 1. The molecule has 41 heavy (non-hydrogen) atoms. The third kappa shape index (κ3) is 7.34. The predicted octanol–water partition coefficient (Wildman–Crippen LogP) is 4.82. The fourth-order valence-corrected chi connectivity index (χ4v) is 6.20. The van der Waals surface area contributed by atoms with Gasteiger partial charge in [0.05, 0.1) is 12.6 Å². The summed E-state index contributed by atoms with van der Waals surface area (Å²) in [6.45, 7) is 8.45. The van der Waals surface area contributed by atoms with Crippen molar-refractivity contribution < 1.29 is 13.9 Å². The van der Waals surface area contributed by atoms with Crippen LogP contribution in [-0.2, 0) is 17.8 Å². The quantitative estimate of drug-likeness (QED) is 0.387. The van der Waals surface area contributed by atoms with Crippen LogP contribution in [0.3, 0.4) is 0 Å². The van der Waals surface area contributed by atoms with Crippen LogP contribution >= 0.6 is 0 Å². The van der Waals surface area contributed by atoms with Crippen LogP contribution in [0, 0.1) is 11.7 Å². The van der Waals surface area contributed by atoms with Crippen LogP contribution in [0.25, 0.3) is 11.1 Å². The molecule has 0 saturated carbocycles. The zero-order chi connectivity index (χ0) is 28.6. The molecular formula is C34H43FN4O2. The first kappa shape index (κ1) is 29.2. The number of hydrogen-bond acceptors (Lipinski definition) is 5. The summed E-state index contributed by atoms with van der Waals surface area (Å²) in [4.78, 5) is 19.9. The molecule has 2 saturated heterocycles. The van der Waals surface area contributed by atoms with Crippen molar-refractivity contribution in [1.82, 2.24) is 14.7 Å². The minimum absolute atomic E-state index is 0.0563. The molecule has 218 valence electrons. The number of halogens is 1. The Morgan fingerprint density at radius 1 is 0.902 bits per heavy atom. The maximum absolute atomic E-state index is 14.5. The highest BCUT2D eigenvalue weighted by Crippen LogP contribution is 2.27. The average Bonchev–Trinajstić information content (AvgIpc) is 3.02. The van der Waals surface area contributed by atoms with Gasteiger partial charge >= 0.3 is 0 Å². The third-order valence-corrected chi connectivity index (χ3v) is 8.67. The molecule has 1 atom stereocenters. The van der Waals surface area contributed by atoms with E-state index in [9.17, 15) is 9.18 Å². The summed E-state index contributed by atoms with van der Waals surface area (Å²) >= 11 is 0. The summed E-state index contributed by atoms with van der Waals surface area (Å²) in [5.41, 5.74) is 11.1. The van der Waals surface area contributed by atoms with Gasteiger partial charge in [0.15, 0.2) is 0 Å². The lowest BCUT2D eigenvalue weighted by atomic mass is 9.88. The molecule has 0 aliphatic carbocycles. The van der Waals surface area contributed by atoms with Crippen molar-refractivity contribution >= 4 is 5.91 Å². The van der Waals surface area contributed by atoms with Crippen LogP contribution in [0.4, 0.5) is 4.39 Å². The number of likely N-dealkylation sites (tertiary alicyclic amines) is 1. The number of piperidine rings is 1. The Morgan fingerprint density at radius 3 is 2.34 bits per heavy atom. The summed E-state index contributed by atoms with van der Waals surface area (Å²) in [5, 5.41) is 0. The summed E-state index contributed by atoms with van der Waals surface area (Å²) in [5.74, 6) is 0.615. The van der Waals surface area contributed by atoms with E-state index in [1.165, 1.54) is 22.8 Å². The van der Waals surface area contributed by atoms with Crippen molar-refractivity contribution in [2.75, 3.05) is 52.4 Å². The molecule has 2 aliphatic rings. The Balaban J connectivity index is 1.07. The molecule has 3 aromatic rings. The molecule has 2 N–H and O–H groups in total. The third-order valence-electron chi connectivity index (χ3n) is 8.67. The molecule has 0 spiro atoms. The maximum atomic E-state index is 14.5. The molecule has 2 aliphatic heterocycles. The standard InChI is InChI=1S/C34H43FN4O2/c1-2-41-32-14-8-13-31(35)30(32)25-38-21-23-39(24-22-38)34(40)33(36)28-16-19-37(20-17-28)18-15-27-11-6-7-12-29(27)26-9-4-3-5-10-26/h3-14,28,33H,2,15-25,36H2,1H3/t33-/m1/s1. The van der Waals surface area contributed by atoms with E-state index in [2.05, 4.69) is 64.4 Å². The number of amides is 1. The molecule has 1 amide bonds. The Labute approximate surface area is 243 Å². The highest BCUT2D eigenvalue weighted by atomic mass is 19.1. The van der Waals surface area contributed by atoms with E-state index in [-0.39, 0.29) is 17.6 Å². The molecule has 0 unspecified atom stereocenters. The van der Waals surface area contributed by atoms with Crippen molar-refractivity contribution in [1.29, 1.82) is 0 Å². The minimum atomic E-state index is -0.460. The number of carbonyl (C=O) groups is 1. The van der Waals surface area contributed by atoms with Gasteiger partial charge < -0.3 is 20.3 Å². The normalized spacial score (nSPS) is 17.9. The van der Waals surface area contributed by atoms with E-state index in [0.29, 0.717) is 50.6 Å². The van der Waals surface area contributed by atoms with Gasteiger partial charge in [-0.25, -0.2) is 4.39 Å². The van der Waals surface area contributed by atoms with E-state index < -0.39 is 6.04 Å².